The van der Waals surface area contributed by atoms with Crippen molar-refractivity contribution < 1.29 is 4.79 Å². The first-order valence-corrected chi connectivity index (χ1v) is 6.91. The Labute approximate surface area is 115 Å². The number of hydrogen-bond donors (Lipinski definition) is 2. The summed E-state index contributed by atoms with van der Waals surface area (Å²) in [7, 11) is 4.04. The third kappa shape index (κ3) is 3.96. The summed E-state index contributed by atoms with van der Waals surface area (Å²) < 4.78 is 0. The van der Waals surface area contributed by atoms with Crippen LogP contribution < -0.4 is 15.5 Å². The molecule has 1 saturated heterocycles. The van der Waals surface area contributed by atoms with Crippen molar-refractivity contribution in [1.29, 1.82) is 0 Å². The van der Waals surface area contributed by atoms with Crippen molar-refractivity contribution in [2.45, 2.75) is 19.4 Å². The highest BCUT2D eigenvalue weighted by molar-refractivity contribution is 5.78. The quantitative estimate of drug-likeness (QED) is 0.860. The maximum atomic E-state index is 12.0. The number of carbonyl (C=O) groups is 1. The molecular weight excluding hydrogens is 238 g/mol. The average Bonchev–Trinajstić information content (AvgIpc) is 2.46. The van der Waals surface area contributed by atoms with E-state index in [0.29, 0.717) is 6.54 Å². The van der Waals surface area contributed by atoms with Crippen molar-refractivity contribution in [1.82, 2.24) is 10.6 Å². The van der Waals surface area contributed by atoms with Gasteiger partial charge in [0.2, 0.25) is 5.91 Å². The number of piperidine rings is 1. The van der Waals surface area contributed by atoms with Gasteiger partial charge in [-0.25, -0.2) is 0 Å². The van der Waals surface area contributed by atoms with Gasteiger partial charge in [-0.15, -0.1) is 0 Å². The smallest absolute Gasteiger partial charge is 0.223 e. The average molecular weight is 261 g/mol. The number of anilines is 1. The molecule has 0 saturated carbocycles. The second-order valence-corrected chi connectivity index (χ2v) is 5.30. The zero-order chi connectivity index (χ0) is 13.7. The predicted molar refractivity (Wildman–Crippen MR) is 78.2 cm³/mol. The standard InChI is InChI=1S/C15H23N3O/c1-18(2)14-5-3-12(4-6-14)11-17-15(19)13-7-9-16-10-8-13/h3-6,13,16H,7-11H2,1-2H3,(H,17,19). The van der Waals surface area contributed by atoms with E-state index >= 15 is 0 Å². The van der Waals surface area contributed by atoms with E-state index in [4.69, 9.17) is 0 Å². The van der Waals surface area contributed by atoms with Crippen LogP contribution in [-0.4, -0.2) is 33.1 Å². The first-order valence-electron chi connectivity index (χ1n) is 6.91. The van der Waals surface area contributed by atoms with Crippen LogP contribution in [0.25, 0.3) is 0 Å². The Hall–Kier alpha value is -1.55. The summed E-state index contributed by atoms with van der Waals surface area (Å²) in [4.78, 5) is 14.1. The molecule has 19 heavy (non-hydrogen) atoms. The first kappa shape index (κ1) is 13.9. The van der Waals surface area contributed by atoms with Crippen LogP contribution in [0.5, 0.6) is 0 Å². The van der Waals surface area contributed by atoms with E-state index in [1.807, 2.05) is 14.1 Å². The second-order valence-electron chi connectivity index (χ2n) is 5.30. The number of rotatable bonds is 4. The van der Waals surface area contributed by atoms with Gasteiger partial charge in [0.25, 0.3) is 0 Å². The van der Waals surface area contributed by atoms with Crippen LogP contribution in [0.1, 0.15) is 18.4 Å². The van der Waals surface area contributed by atoms with Gasteiger partial charge in [-0.3, -0.25) is 4.79 Å². The molecule has 4 heteroatoms. The number of amides is 1. The van der Waals surface area contributed by atoms with E-state index < -0.39 is 0 Å². The van der Waals surface area contributed by atoms with Crippen molar-refractivity contribution in [2.75, 3.05) is 32.1 Å². The van der Waals surface area contributed by atoms with Gasteiger partial charge in [0.1, 0.15) is 0 Å². The fourth-order valence-corrected chi connectivity index (χ4v) is 2.33. The lowest BCUT2D eigenvalue weighted by Gasteiger charge is -2.21. The predicted octanol–water partition coefficient (Wildman–Crippen LogP) is 1.37. The van der Waals surface area contributed by atoms with E-state index in [-0.39, 0.29) is 11.8 Å². The molecule has 0 aliphatic carbocycles. The Bertz CT molecular complexity index is 408. The van der Waals surface area contributed by atoms with Gasteiger partial charge in [0.15, 0.2) is 0 Å². The van der Waals surface area contributed by atoms with Crippen LogP contribution in [0.3, 0.4) is 0 Å². The maximum Gasteiger partial charge on any atom is 0.223 e. The van der Waals surface area contributed by atoms with Crippen LogP contribution in [0.2, 0.25) is 0 Å². The molecule has 0 aromatic heterocycles. The van der Waals surface area contributed by atoms with Crippen molar-refractivity contribution in [3.63, 3.8) is 0 Å². The minimum atomic E-state index is 0.183. The molecule has 1 heterocycles. The number of nitrogens with one attached hydrogen (secondary N) is 2. The SMILES string of the molecule is CN(C)c1ccc(CNC(=O)C2CCNCC2)cc1. The van der Waals surface area contributed by atoms with Crippen molar-refractivity contribution >= 4 is 11.6 Å². The molecule has 1 aliphatic heterocycles. The van der Waals surface area contributed by atoms with Gasteiger partial charge in [-0.05, 0) is 43.6 Å². The largest absolute Gasteiger partial charge is 0.378 e. The summed E-state index contributed by atoms with van der Waals surface area (Å²) >= 11 is 0. The minimum Gasteiger partial charge on any atom is -0.378 e. The molecule has 2 N–H and O–H groups in total. The fraction of sp³-hybridized carbons (Fsp3) is 0.533. The van der Waals surface area contributed by atoms with E-state index in [2.05, 4.69) is 39.8 Å². The molecule has 1 aliphatic rings. The van der Waals surface area contributed by atoms with E-state index in [1.54, 1.807) is 0 Å². The maximum absolute atomic E-state index is 12.0. The third-order valence-electron chi connectivity index (χ3n) is 3.63. The van der Waals surface area contributed by atoms with Crippen LogP contribution in [0.15, 0.2) is 24.3 Å². The molecule has 1 aromatic carbocycles. The lowest BCUT2D eigenvalue weighted by Crippen LogP contribution is -2.37. The second kappa shape index (κ2) is 6.57. The zero-order valence-electron chi connectivity index (χ0n) is 11.8. The molecule has 104 valence electrons. The van der Waals surface area contributed by atoms with Gasteiger partial charge >= 0.3 is 0 Å². The molecule has 4 nitrogen and oxygen atoms in total. The number of nitrogens with zero attached hydrogens (tertiary/aromatic N) is 1. The van der Waals surface area contributed by atoms with Crippen LogP contribution in [0, 0.1) is 5.92 Å². The highest BCUT2D eigenvalue weighted by atomic mass is 16.1. The van der Waals surface area contributed by atoms with Crippen LogP contribution in [0.4, 0.5) is 5.69 Å². The molecule has 1 aromatic rings. The van der Waals surface area contributed by atoms with Gasteiger partial charge in [-0.2, -0.15) is 0 Å². The van der Waals surface area contributed by atoms with E-state index in [9.17, 15) is 4.79 Å². The van der Waals surface area contributed by atoms with Crippen molar-refractivity contribution in [3.05, 3.63) is 29.8 Å². The van der Waals surface area contributed by atoms with Crippen molar-refractivity contribution in [3.8, 4) is 0 Å². The van der Waals surface area contributed by atoms with Gasteiger partial charge in [0.05, 0.1) is 0 Å². The summed E-state index contributed by atoms with van der Waals surface area (Å²) in [6, 6.07) is 8.29. The van der Waals surface area contributed by atoms with E-state index in [1.165, 1.54) is 5.69 Å². The van der Waals surface area contributed by atoms with E-state index in [0.717, 1.165) is 31.5 Å². The molecule has 0 atom stereocenters. The molecule has 0 spiro atoms. The monoisotopic (exact) mass is 261 g/mol. The molecule has 0 radical (unpaired) electrons. The molecular formula is C15H23N3O. The Morgan fingerprint density at radius 3 is 2.47 bits per heavy atom. The number of carbonyl (C=O) groups excluding carboxylic acids is 1. The third-order valence-corrected chi connectivity index (χ3v) is 3.63. The Morgan fingerprint density at radius 2 is 1.89 bits per heavy atom. The Balaban J connectivity index is 1.82. The number of hydrogen-bond acceptors (Lipinski definition) is 3. The Kier molecular flexibility index (Phi) is 4.80. The zero-order valence-corrected chi connectivity index (χ0v) is 11.8. The molecule has 1 amide bonds. The molecule has 0 unspecified atom stereocenters. The lowest BCUT2D eigenvalue weighted by molar-refractivity contribution is -0.125. The van der Waals surface area contributed by atoms with Gasteiger partial charge < -0.3 is 15.5 Å². The number of benzene rings is 1. The fourth-order valence-electron chi connectivity index (χ4n) is 2.33. The summed E-state index contributed by atoms with van der Waals surface area (Å²) in [5.74, 6) is 0.375. The van der Waals surface area contributed by atoms with Crippen LogP contribution >= 0.6 is 0 Å². The Morgan fingerprint density at radius 1 is 1.26 bits per heavy atom. The normalized spacial score (nSPS) is 16.1. The topological polar surface area (TPSA) is 44.4 Å². The minimum absolute atomic E-state index is 0.183. The van der Waals surface area contributed by atoms with Gasteiger partial charge in [0, 0.05) is 32.2 Å². The molecule has 0 bridgehead atoms. The highest BCUT2D eigenvalue weighted by Gasteiger charge is 2.20. The summed E-state index contributed by atoms with van der Waals surface area (Å²) in [6.07, 6.45) is 1.90. The summed E-state index contributed by atoms with van der Waals surface area (Å²) in [5, 5.41) is 6.31. The summed E-state index contributed by atoms with van der Waals surface area (Å²) in [5.41, 5.74) is 2.32. The molecule has 1 fully saturated rings. The first-order chi connectivity index (χ1) is 9.16. The van der Waals surface area contributed by atoms with Crippen LogP contribution in [-0.2, 0) is 11.3 Å². The van der Waals surface area contributed by atoms with Crippen molar-refractivity contribution in [2.24, 2.45) is 5.92 Å². The highest BCUT2D eigenvalue weighted by Crippen LogP contribution is 2.14. The lowest BCUT2D eigenvalue weighted by atomic mass is 9.97. The summed E-state index contributed by atoms with van der Waals surface area (Å²) in [6.45, 7) is 2.53. The molecule has 2 rings (SSSR count). The van der Waals surface area contributed by atoms with Gasteiger partial charge in [-0.1, -0.05) is 12.1 Å².